The first kappa shape index (κ1) is 18.2. The Balaban J connectivity index is 2.44. The maximum Gasteiger partial charge on any atom is 0.265 e. The summed E-state index contributed by atoms with van der Waals surface area (Å²) in [5, 5.41) is 9.00. The molecule has 2 rings (SSSR count). The van der Waals surface area contributed by atoms with E-state index in [1.165, 1.54) is 42.1 Å². The van der Waals surface area contributed by atoms with Crippen LogP contribution in [0.3, 0.4) is 0 Å². The number of halogens is 2. The van der Waals surface area contributed by atoms with E-state index in [0.717, 1.165) is 0 Å². The lowest BCUT2D eigenvalue weighted by Gasteiger charge is -2.31. The van der Waals surface area contributed by atoms with E-state index in [9.17, 15) is 9.59 Å². The van der Waals surface area contributed by atoms with Crippen LogP contribution in [0, 0.1) is 11.3 Å². The van der Waals surface area contributed by atoms with Crippen LogP contribution >= 0.6 is 35.4 Å². The summed E-state index contributed by atoms with van der Waals surface area (Å²) in [4.78, 5) is 26.9. The number of nitrogens with zero attached hydrogens (tertiary/aromatic N) is 3. The molecule has 1 saturated heterocycles. The summed E-state index contributed by atoms with van der Waals surface area (Å²) in [6.45, 7) is -0.204. The van der Waals surface area contributed by atoms with Gasteiger partial charge in [-0.1, -0.05) is 23.2 Å². The molecule has 1 aromatic carbocycles. The Morgan fingerprint density at radius 2 is 1.71 bits per heavy atom. The number of hydrogen-bond acceptors (Lipinski definition) is 5. The monoisotopic (exact) mass is 383 g/mol. The molecule has 1 heterocycles. The van der Waals surface area contributed by atoms with Crippen LogP contribution in [-0.4, -0.2) is 47.4 Å². The normalized spacial score (nSPS) is 14.8. The van der Waals surface area contributed by atoms with Gasteiger partial charge in [0.1, 0.15) is 11.6 Å². The average molecular weight is 384 g/mol. The molecule has 1 aliphatic rings. The highest BCUT2D eigenvalue weighted by Crippen LogP contribution is 2.35. The standard InChI is InChI=1S/C15H11Cl2N3O3S/c1-19-13(21)9(14(22)20(2)15(19)24)5-8-6-10(16)12(11(17)7-8)23-4-3-18/h5-7H,4H2,1-2H3. The third-order valence-corrected chi connectivity index (χ3v) is 4.37. The molecule has 1 aromatic rings. The quantitative estimate of drug-likeness (QED) is 0.455. The van der Waals surface area contributed by atoms with Crippen LogP contribution in [0.25, 0.3) is 6.08 Å². The van der Waals surface area contributed by atoms with Crippen LogP contribution in [0.5, 0.6) is 5.75 Å². The SMILES string of the molecule is CN1C(=O)C(=Cc2cc(Cl)c(OCC#N)c(Cl)c2)C(=O)N(C)C1=S. The Morgan fingerprint density at radius 1 is 1.21 bits per heavy atom. The fraction of sp³-hybridized carbons (Fsp3) is 0.200. The number of carbonyl (C=O) groups is 2. The second-order valence-corrected chi connectivity index (χ2v) is 6.01. The zero-order valence-corrected chi connectivity index (χ0v) is 15.0. The van der Waals surface area contributed by atoms with E-state index in [-0.39, 0.29) is 33.1 Å². The molecule has 0 saturated carbocycles. The molecule has 9 heteroatoms. The van der Waals surface area contributed by atoms with E-state index < -0.39 is 11.8 Å². The maximum atomic E-state index is 12.3. The number of hydrogen-bond donors (Lipinski definition) is 0. The third kappa shape index (κ3) is 3.36. The lowest BCUT2D eigenvalue weighted by Crippen LogP contribution is -2.52. The molecule has 1 aliphatic heterocycles. The minimum atomic E-state index is -0.514. The number of nitriles is 1. The number of thiocarbonyl (C=S) groups is 1. The lowest BCUT2D eigenvalue weighted by molar-refractivity contribution is -0.132. The summed E-state index contributed by atoms with van der Waals surface area (Å²) < 4.78 is 5.14. The molecule has 0 radical (unpaired) electrons. The van der Waals surface area contributed by atoms with Crippen molar-refractivity contribution in [1.82, 2.24) is 9.80 Å². The van der Waals surface area contributed by atoms with Gasteiger partial charge in [0.15, 0.2) is 17.5 Å². The molecular formula is C15H11Cl2N3O3S. The Bertz CT molecular complexity index is 768. The number of carbonyl (C=O) groups excluding carboxylic acids is 2. The van der Waals surface area contributed by atoms with Gasteiger partial charge in [-0.25, -0.2) is 0 Å². The summed E-state index contributed by atoms with van der Waals surface area (Å²) in [6.07, 6.45) is 1.38. The van der Waals surface area contributed by atoms with Gasteiger partial charge < -0.3 is 4.74 Å². The van der Waals surface area contributed by atoms with E-state index in [4.69, 9.17) is 45.4 Å². The van der Waals surface area contributed by atoms with Crippen molar-refractivity contribution in [2.24, 2.45) is 0 Å². The van der Waals surface area contributed by atoms with Gasteiger partial charge in [0.2, 0.25) is 0 Å². The van der Waals surface area contributed by atoms with Gasteiger partial charge >= 0.3 is 0 Å². The largest absolute Gasteiger partial charge is 0.476 e. The number of likely N-dealkylation sites (N-methyl/N-ethyl adjacent to an activating group) is 2. The average Bonchev–Trinajstić information content (AvgIpc) is 2.54. The Kier molecular flexibility index (Phi) is 5.44. The van der Waals surface area contributed by atoms with Crippen molar-refractivity contribution < 1.29 is 14.3 Å². The first-order valence-electron chi connectivity index (χ1n) is 6.58. The molecule has 0 spiro atoms. The lowest BCUT2D eigenvalue weighted by atomic mass is 10.1. The number of benzene rings is 1. The molecule has 0 aliphatic carbocycles. The minimum absolute atomic E-state index is 0.0635. The van der Waals surface area contributed by atoms with Gasteiger partial charge in [-0.3, -0.25) is 19.4 Å². The van der Waals surface area contributed by atoms with Gasteiger partial charge in [0, 0.05) is 14.1 Å². The molecule has 2 amide bonds. The molecule has 0 atom stereocenters. The zero-order valence-electron chi connectivity index (χ0n) is 12.7. The molecule has 24 heavy (non-hydrogen) atoms. The van der Waals surface area contributed by atoms with Crippen molar-refractivity contribution in [3.05, 3.63) is 33.3 Å². The van der Waals surface area contributed by atoms with E-state index in [2.05, 4.69) is 0 Å². The molecule has 0 aromatic heterocycles. The Labute approximate surface area is 153 Å². The maximum absolute atomic E-state index is 12.3. The molecule has 124 valence electrons. The van der Waals surface area contributed by atoms with Gasteiger partial charge in [-0.15, -0.1) is 0 Å². The molecule has 1 fully saturated rings. The summed E-state index contributed by atoms with van der Waals surface area (Å²) in [6, 6.07) is 4.79. The molecule has 0 bridgehead atoms. The topological polar surface area (TPSA) is 73.6 Å². The second kappa shape index (κ2) is 7.18. The van der Waals surface area contributed by atoms with Crippen molar-refractivity contribution in [3.63, 3.8) is 0 Å². The van der Waals surface area contributed by atoms with Crippen LogP contribution in [0.4, 0.5) is 0 Å². The highest BCUT2D eigenvalue weighted by Gasteiger charge is 2.35. The van der Waals surface area contributed by atoms with Crippen LogP contribution in [0.2, 0.25) is 10.0 Å². The van der Waals surface area contributed by atoms with Crippen LogP contribution in [0.1, 0.15) is 5.56 Å². The first-order valence-corrected chi connectivity index (χ1v) is 7.75. The van der Waals surface area contributed by atoms with Gasteiger partial charge in [0.05, 0.1) is 10.0 Å². The van der Waals surface area contributed by atoms with Crippen LogP contribution in [-0.2, 0) is 9.59 Å². The van der Waals surface area contributed by atoms with Crippen molar-refractivity contribution in [1.29, 1.82) is 5.26 Å². The predicted molar refractivity (Wildman–Crippen MR) is 93.7 cm³/mol. The summed E-state index contributed by atoms with van der Waals surface area (Å²) >= 11 is 17.2. The fourth-order valence-electron chi connectivity index (χ4n) is 2.05. The molecular weight excluding hydrogens is 373 g/mol. The van der Waals surface area contributed by atoms with Crippen LogP contribution in [0.15, 0.2) is 17.7 Å². The van der Waals surface area contributed by atoms with Gasteiger partial charge in [-0.2, -0.15) is 5.26 Å². The van der Waals surface area contributed by atoms with E-state index in [0.29, 0.717) is 5.56 Å². The zero-order chi connectivity index (χ0) is 18.0. The Hall–Kier alpha value is -2.14. The van der Waals surface area contributed by atoms with Crippen molar-refractivity contribution in [2.75, 3.05) is 20.7 Å². The predicted octanol–water partition coefficient (Wildman–Crippen LogP) is 2.49. The highest BCUT2D eigenvalue weighted by atomic mass is 35.5. The third-order valence-electron chi connectivity index (χ3n) is 3.26. The fourth-order valence-corrected chi connectivity index (χ4v) is 2.83. The van der Waals surface area contributed by atoms with E-state index in [1.807, 2.05) is 6.07 Å². The number of rotatable bonds is 3. The van der Waals surface area contributed by atoms with Crippen molar-refractivity contribution >= 4 is 58.4 Å². The first-order chi connectivity index (χ1) is 11.3. The van der Waals surface area contributed by atoms with Gasteiger partial charge in [0.25, 0.3) is 11.8 Å². The highest BCUT2D eigenvalue weighted by molar-refractivity contribution is 7.80. The van der Waals surface area contributed by atoms with Crippen molar-refractivity contribution in [2.45, 2.75) is 0 Å². The summed E-state index contributed by atoms with van der Waals surface area (Å²) in [7, 11) is 2.97. The number of ether oxygens (including phenoxy) is 1. The molecule has 0 unspecified atom stereocenters. The van der Waals surface area contributed by atoms with Crippen molar-refractivity contribution in [3.8, 4) is 11.8 Å². The minimum Gasteiger partial charge on any atom is -0.476 e. The van der Waals surface area contributed by atoms with E-state index >= 15 is 0 Å². The van der Waals surface area contributed by atoms with Gasteiger partial charge in [-0.05, 0) is 36.0 Å². The second-order valence-electron chi connectivity index (χ2n) is 4.83. The molecule has 6 nitrogen and oxygen atoms in total. The summed E-state index contributed by atoms with van der Waals surface area (Å²) in [5.41, 5.74) is 0.382. The smallest absolute Gasteiger partial charge is 0.265 e. The number of amides is 2. The van der Waals surface area contributed by atoms with Crippen LogP contribution < -0.4 is 4.74 Å². The summed E-state index contributed by atoms with van der Waals surface area (Å²) in [5.74, 6) is -0.862. The molecule has 0 N–H and O–H groups in total. The Morgan fingerprint density at radius 3 is 2.17 bits per heavy atom. The van der Waals surface area contributed by atoms with E-state index in [1.54, 1.807) is 0 Å².